The zero-order valence-electron chi connectivity index (χ0n) is 19.1. The lowest BCUT2D eigenvalue weighted by molar-refractivity contribution is -0.136. The van der Waals surface area contributed by atoms with Crippen LogP contribution in [0.3, 0.4) is 0 Å². The van der Waals surface area contributed by atoms with Crippen LogP contribution >= 0.6 is 22.7 Å². The van der Waals surface area contributed by atoms with Crippen molar-refractivity contribution < 1.29 is 14.3 Å². The molecule has 0 bridgehead atoms. The first-order valence-electron chi connectivity index (χ1n) is 11.0. The maximum Gasteiger partial charge on any atom is 0.338 e. The third kappa shape index (κ3) is 4.62. The number of aromatic nitrogens is 1. The van der Waals surface area contributed by atoms with Crippen molar-refractivity contribution in [3.05, 3.63) is 119 Å². The van der Waals surface area contributed by atoms with E-state index in [4.69, 9.17) is 9.47 Å². The highest BCUT2D eigenvalue weighted by Crippen LogP contribution is 2.33. The number of thiophene rings is 1. The Bertz CT molecular complexity index is 1560. The monoisotopic (exact) mass is 502 g/mol. The fourth-order valence-electron chi connectivity index (χ4n) is 3.96. The highest BCUT2D eigenvalue weighted by molar-refractivity contribution is 7.10. The fraction of sp³-hybridized carbons (Fsp3) is 0.148. The molecule has 1 unspecified atom stereocenters. The van der Waals surface area contributed by atoms with Gasteiger partial charge in [0.05, 0.1) is 22.9 Å². The van der Waals surface area contributed by atoms with E-state index in [0.29, 0.717) is 27.2 Å². The van der Waals surface area contributed by atoms with Gasteiger partial charge >= 0.3 is 5.97 Å². The van der Waals surface area contributed by atoms with E-state index in [0.717, 1.165) is 21.8 Å². The van der Waals surface area contributed by atoms with Gasteiger partial charge in [0.25, 0.3) is 5.56 Å². The minimum atomic E-state index is -0.561. The molecule has 4 aromatic rings. The van der Waals surface area contributed by atoms with E-state index in [9.17, 15) is 9.59 Å². The second-order valence-corrected chi connectivity index (χ2v) is 9.92. The van der Waals surface area contributed by atoms with E-state index >= 15 is 0 Å². The van der Waals surface area contributed by atoms with Crippen molar-refractivity contribution in [2.45, 2.75) is 19.6 Å². The molecular weight excluding hydrogens is 480 g/mol. The number of ether oxygens (including phenoxy) is 2. The molecule has 1 aliphatic rings. The van der Waals surface area contributed by atoms with Gasteiger partial charge in [-0.2, -0.15) is 0 Å². The van der Waals surface area contributed by atoms with Crippen LogP contribution in [0.25, 0.3) is 6.08 Å². The number of fused-ring (bicyclic) bond motifs is 1. The molecule has 0 fully saturated rings. The van der Waals surface area contributed by atoms with Gasteiger partial charge in [-0.1, -0.05) is 59.9 Å². The number of nitrogens with zero attached hydrogens (tertiary/aromatic N) is 2. The summed E-state index contributed by atoms with van der Waals surface area (Å²) in [4.78, 5) is 32.1. The quantitative estimate of drug-likeness (QED) is 0.373. The number of carbonyl (C=O) groups excluding carboxylic acids is 1. The van der Waals surface area contributed by atoms with Gasteiger partial charge in [-0.25, -0.2) is 9.79 Å². The molecule has 6 nitrogen and oxygen atoms in total. The maximum absolute atomic E-state index is 13.5. The Morgan fingerprint density at radius 1 is 1.09 bits per heavy atom. The first kappa shape index (κ1) is 23.0. The molecule has 8 heteroatoms. The molecule has 35 heavy (non-hydrogen) atoms. The van der Waals surface area contributed by atoms with E-state index < -0.39 is 12.0 Å². The van der Waals surface area contributed by atoms with Gasteiger partial charge < -0.3 is 9.47 Å². The molecule has 176 valence electrons. The summed E-state index contributed by atoms with van der Waals surface area (Å²) in [6.07, 6.45) is 1.84. The van der Waals surface area contributed by atoms with Crippen LogP contribution in [0.15, 0.2) is 93.2 Å². The maximum atomic E-state index is 13.5. The third-order valence-corrected chi connectivity index (χ3v) is 7.57. The summed E-state index contributed by atoms with van der Waals surface area (Å²) >= 11 is 2.80. The Hall–Kier alpha value is -3.75. The number of benzene rings is 2. The minimum absolute atomic E-state index is 0.189. The summed E-state index contributed by atoms with van der Waals surface area (Å²) in [6.45, 7) is 2.27. The van der Waals surface area contributed by atoms with Crippen LogP contribution in [0.5, 0.6) is 5.75 Å². The lowest BCUT2D eigenvalue weighted by Gasteiger charge is -2.22. The molecule has 0 amide bonds. The molecule has 2 aromatic heterocycles. The van der Waals surface area contributed by atoms with Crippen molar-refractivity contribution in [1.29, 1.82) is 0 Å². The van der Waals surface area contributed by atoms with E-state index in [1.807, 2.05) is 78.2 Å². The Balaban J connectivity index is 1.48. The van der Waals surface area contributed by atoms with Crippen molar-refractivity contribution in [3.8, 4) is 5.75 Å². The Morgan fingerprint density at radius 2 is 1.86 bits per heavy atom. The predicted molar refractivity (Wildman–Crippen MR) is 137 cm³/mol. The highest BCUT2D eigenvalue weighted by atomic mass is 32.1. The number of hydrogen-bond acceptors (Lipinski definition) is 7. The molecular formula is C27H22N2O4S2. The van der Waals surface area contributed by atoms with Gasteiger partial charge in [0.2, 0.25) is 0 Å². The number of thiazole rings is 1. The van der Waals surface area contributed by atoms with Crippen molar-refractivity contribution in [3.63, 3.8) is 0 Å². The smallest absolute Gasteiger partial charge is 0.338 e. The van der Waals surface area contributed by atoms with E-state index in [1.165, 1.54) is 29.8 Å². The lowest BCUT2D eigenvalue weighted by atomic mass is 10.0. The standard InChI is InChI=1S/C27H22N2O4S2/c1-17-23(26(31)32-2)24(21-9-6-14-34-21)29-25(30)22(35-27(29)28-17)15-18-10-12-20(13-11-18)33-16-19-7-4-3-5-8-19/h3-15,24H,16H2,1-2H3/b22-15-. The average molecular weight is 503 g/mol. The van der Waals surface area contributed by atoms with Crippen LogP contribution < -0.4 is 19.6 Å². The molecule has 0 radical (unpaired) electrons. The SMILES string of the molecule is COC(=O)C1=C(C)N=c2s/c(=C\c3ccc(OCc4ccccc4)cc3)c(=O)n2C1c1cccs1. The Morgan fingerprint density at radius 3 is 2.54 bits per heavy atom. The first-order valence-corrected chi connectivity index (χ1v) is 12.7. The Kier molecular flexibility index (Phi) is 6.48. The fourth-order valence-corrected chi connectivity index (χ4v) is 5.83. The van der Waals surface area contributed by atoms with Gasteiger partial charge in [-0.15, -0.1) is 11.3 Å². The molecule has 0 saturated heterocycles. The molecule has 2 aromatic carbocycles. The summed E-state index contributed by atoms with van der Waals surface area (Å²) < 4.78 is 13.0. The summed E-state index contributed by atoms with van der Waals surface area (Å²) in [7, 11) is 1.34. The number of rotatable bonds is 6. The third-order valence-electron chi connectivity index (χ3n) is 5.67. The summed E-state index contributed by atoms with van der Waals surface area (Å²) in [5.41, 5.74) is 2.72. The summed E-state index contributed by atoms with van der Waals surface area (Å²) in [5.74, 6) is 0.272. The molecule has 0 N–H and O–H groups in total. The van der Waals surface area contributed by atoms with Crippen LogP contribution in [-0.4, -0.2) is 17.6 Å². The Labute approximate surface area is 209 Å². The van der Waals surface area contributed by atoms with Crippen molar-refractivity contribution >= 4 is 34.7 Å². The molecule has 0 spiro atoms. The van der Waals surface area contributed by atoms with Gasteiger partial charge in [-0.05, 0) is 47.7 Å². The van der Waals surface area contributed by atoms with Gasteiger partial charge in [-0.3, -0.25) is 9.36 Å². The van der Waals surface area contributed by atoms with E-state index in [2.05, 4.69) is 4.99 Å². The van der Waals surface area contributed by atoms with Crippen molar-refractivity contribution in [2.75, 3.05) is 7.11 Å². The first-order chi connectivity index (χ1) is 17.0. The normalized spacial score (nSPS) is 15.5. The zero-order chi connectivity index (χ0) is 24.4. The van der Waals surface area contributed by atoms with Gasteiger partial charge in [0.15, 0.2) is 4.80 Å². The number of hydrogen-bond donors (Lipinski definition) is 0. The van der Waals surface area contributed by atoms with Crippen molar-refractivity contribution in [2.24, 2.45) is 4.99 Å². The van der Waals surface area contributed by atoms with E-state index in [1.54, 1.807) is 11.5 Å². The summed E-state index contributed by atoms with van der Waals surface area (Å²) in [6, 6.07) is 20.9. The molecule has 0 aliphatic carbocycles. The second kappa shape index (κ2) is 9.85. The molecule has 1 atom stereocenters. The highest BCUT2D eigenvalue weighted by Gasteiger charge is 2.33. The minimum Gasteiger partial charge on any atom is -0.489 e. The van der Waals surface area contributed by atoms with E-state index in [-0.39, 0.29) is 5.56 Å². The number of methoxy groups -OCH3 is 1. The van der Waals surface area contributed by atoms with Gasteiger partial charge in [0, 0.05) is 4.88 Å². The van der Waals surface area contributed by atoms with Crippen LogP contribution in [0.2, 0.25) is 0 Å². The molecule has 5 rings (SSSR count). The van der Waals surface area contributed by atoms with Crippen LogP contribution in [0.1, 0.15) is 29.0 Å². The number of esters is 1. The second-order valence-electron chi connectivity index (χ2n) is 7.93. The molecule has 0 saturated carbocycles. The lowest BCUT2D eigenvalue weighted by Crippen LogP contribution is -2.39. The largest absolute Gasteiger partial charge is 0.489 e. The molecule has 3 heterocycles. The predicted octanol–water partition coefficient (Wildman–Crippen LogP) is 4.05. The zero-order valence-corrected chi connectivity index (χ0v) is 20.8. The van der Waals surface area contributed by atoms with Gasteiger partial charge in [0.1, 0.15) is 18.4 Å². The summed E-state index contributed by atoms with van der Waals surface area (Å²) in [5, 5.41) is 1.93. The van der Waals surface area contributed by atoms with Crippen molar-refractivity contribution in [1.82, 2.24) is 4.57 Å². The topological polar surface area (TPSA) is 69.9 Å². The van der Waals surface area contributed by atoms with Crippen LogP contribution in [-0.2, 0) is 16.1 Å². The average Bonchev–Trinajstić information content (AvgIpc) is 3.52. The number of allylic oxidation sites excluding steroid dienone is 1. The number of carbonyl (C=O) groups is 1. The molecule has 1 aliphatic heterocycles. The van der Waals surface area contributed by atoms with Crippen LogP contribution in [0, 0.1) is 0 Å². The van der Waals surface area contributed by atoms with Crippen LogP contribution in [0.4, 0.5) is 0 Å².